The Morgan fingerprint density at radius 3 is 2.24 bits per heavy atom. The number of hydrogen-bond acceptors (Lipinski definition) is 5. The van der Waals surface area contributed by atoms with Crippen LogP contribution in [0.25, 0.3) is 0 Å². The lowest BCUT2D eigenvalue weighted by atomic mass is 10.1. The van der Waals surface area contributed by atoms with Gasteiger partial charge in [0.15, 0.2) is 0 Å². The summed E-state index contributed by atoms with van der Waals surface area (Å²) >= 11 is 0. The molecule has 11 heteroatoms. The number of methoxy groups -OCH3 is 1. The monoisotopic (exact) mass is 494 g/mol. The Hall–Kier alpha value is -3.18. The Labute approximate surface area is 200 Å². The lowest BCUT2D eigenvalue weighted by Crippen LogP contribution is -2.52. The van der Waals surface area contributed by atoms with Gasteiger partial charge in [0, 0.05) is 27.2 Å². The van der Waals surface area contributed by atoms with E-state index < -0.39 is 40.4 Å². The zero-order chi connectivity index (χ0) is 25.5. The van der Waals surface area contributed by atoms with Crippen LogP contribution in [0, 0.1) is 5.82 Å². The van der Waals surface area contributed by atoms with Crippen LogP contribution in [-0.4, -0.2) is 69.8 Å². The molecule has 2 amide bonds. The number of likely N-dealkylation sites (N-methyl/N-ethyl adjacent to an activating group) is 1. The van der Waals surface area contributed by atoms with E-state index >= 15 is 0 Å². The number of nitrogens with zero attached hydrogens (tertiary/aromatic N) is 3. The van der Waals surface area contributed by atoms with Crippen LogP contribution in [0.3, 0.4) is 0 Å². The first kappa shape index (κ1) is 27.1. The number of carbonyl (C=O) groups is 2. The molecule has 0 heterocycles. The first-order chi connectivity index (χ1) is 16.0. The molecule has 34 heavy (non-hydrogen) atoms. The number of halogens is 1. The molecule has 2 aromatic carbocycles. The number of benzene rings is 2. The molecule has 0 saturated carbocycles. The van der Waals surface area contributed by atoms with Gasteiger partial charge >= 0.3 is 10.2 Å². The van der Waals surface area contributed by atoms with Crippen molar-refractivity contribution in [3.8, 4) is 5.75 Å². The fourth-order valence-corrected chi connectivity index (χ4v) is 4.25. The molecule has 0 aliphatic rings. The van der Waals surface area contributed by atoms with Gasteiger partial charge in [-0.3, -0.25) is 9.59 Å². The number of para-hydroxylation sites is 1. The van der Waals surface area contributed by atoms with E-state index in [-0.39, 0.29) is 12.2 Å². The number of hydrogen-bond donors (Lipinski definition) is 1. The number of ether oxygens (including phenoxy) is 1. The molecule has 0 spiro atoms. The minimum absolute atomic E-state index is 0.0360. The van der Waals surface area contributed by atoms with Crippen molar-refractivity contribution in [2.24, 2.45) is 0 Å². The molecule has 9 nitrogen and oxygen atoms in total. The lowest BCUT2D eigenvalue weighted by Gasteiger charge is -2.32. The van der Waals surface area contributed by atoms with E-state index in [0.29, 0.717) is 22.2 Å². The second-order valence-corrected chi connectivity index (χ2v) is 9.76. The Kier molecular flexibility index (Phi) is 9.39. The van der Waals surface area contributed by atoms with Gasteiger partial charge in [-0.25, -0.2) is 8.70 Å². The summed E-state index contributed by atoms with van der Waals surface area (Å²) in [6, 6.07) is 11.3. The van der Waals surface area contributed by atoms with Crippen molar-refractivity contribution < 1.29 is 27.1 Å². The molecule has 0 aliphatic heterocycles. The van der Waals surface area contributed by atoms with E-state index in [4.69, 9.17) is 4.74 Å². The van der Waals surface area contributed by atoms with Gasteiger partial charge < -0.3 is 15.0 Å². The maximum atomic E-state index is 14.6. The molecule has 0 fully saturated rings. The molecule has 1 N–H and O–H groups in total. The summed E-state index contributed by atoms with van der Waals surface area (Å²) in [4.78, 5) is 27.3. The number of rotatable bonds is 11. The summed E-state index contributed by atoms with van der Waals surface area (Å²) in [5, 5.41) is 2.67. The zero-order valence-electron chi connectivity index (χ0n) is 20.0. The maximum absolute atomic E-state index is 14.6. The van der Waals surface area contributed by atoms with Gasteiger partial charge in [0.1, 0.15) is 24.2 Å². The molecule has 2 aromatic rings. The molecular formula is C23H31FN4O5S. The minimum atomic E-state index is -4.22. The maximum Gasteiger partial charge on any atom is 0.304 e. The third-order valence-electron chi connectivity index (χ3n) is 5.17. The third kappa shape index (κ3) is 6.45. The van der Waals surface area contributed by atoms with Crippen LogP contribution in [0.5, 0.6) is 5.75 Å². The molecule has 0 radical (unpaired) electrons. The van der Waals surface area contributed by atoms with Crippen LogP contribution in [0.15, 0.2) is 48.5 Å². The van der Waals surface area contributed by atoms with Crippen molar-refractivity contribution in [1.29, 1.82) is 0 Å². The Bertz CT molecular complexity index is 1090. The molecule has 1 unspecified atom stereocenters. The van der Waals surface area contributed by atoms with Crippen molar-refractivity contribution >= 4 is 27.7 Å². The molecule has 1 atom stereocenters. The lowest BCUT2D eigenvalue weighted by molar-refractivity contribution is -0.139. The quantitative estimate of drug-likeness (QED) is 0.515. The van der Waals surface area contributed by atoms with E-state index in [0.717, 1.165) is 10.4 Å². The minimum Gasteiger partial charge on any atom is -0.497 e. The van der Waals surface area contributed by atoms with Gasteiger partial charge in [-0.05, 0) is 43.7 Å². The smallest absolute Gasteiger partial charge is 0.304 e. The molecular weight excluding hydrogens is 463 g/mol. The zero-order valence-corrected chi connectivity index (χ0v) is 20.8. The second-order valence-electron chi connectivity index (χ2n) is 7.69. The van der Waals surface area contributed by atoms with Crippen molar-refractivity contribution in [3.05, 3.63) is 59.9 Å². The highest BCUT2D eigenvalue weighted by atomic mass is 32.2. The first-order valence-corrected chi connectivity index (χ1v) is 12.1. The SMILES string of the molecule is CCNC(=O)C(C)N(Cc1ccc(OC)cc1)C(=O)CN(c1ccccc1F)S(=O)(=O)N(C)C. The van der Waals surface area contributed by atoms with E-state index in [1.165, 1.54) is 44.3 Å². The molecule has 186 valence electrons. The fraction of sp³-hybridized carbons (Fsp3) is 0.391. The number of carbonyl (C=O) groups excluding carboxylic acids is 2. The van der Waals surface area contributed by atoms with Crippen LogP contribution in [0.1, 0.15) is 19.4 Å². The van der Waals surface area contributed by atoms with Crippen molar-refractivity contribution in [3.63, 3.8) is 0 Å². The number of nitrogens with one attached hydrogen (secondary N) is 1. The van der Waals surface area contributed by atoms with Crippen LogP contribution >= 0.6 is 0 Å². The summed E-state index contributed by atoms with van der Waals surface area (Å²) in [7, 11) is -0.103. The Morgan fingerprint density at radius 1 is 1.09 bits per heavy atom. The van der Waals surface area contributed by atoms with Crippen LogP contribution < -0.4 is 14.4 Å². The van der Waals surface area contributed by atoms with Crippen LogP contribution in [0.4, 0.5) is 10.1 Å². The van der Waals surface area contributed by atoms with Gasteiger partial charge in [0.25, 0.3) is 0 Å². The van der Waals surface area contributed by atoms with E-state index in [2.05, 4.69) is 5.32 Å². The molecule has 2 rings (SSSR count). The average molecular weight is 495 g/mol. The molecule has 0 aliphatic carbocycles. The largest absolute Gasteiger partial charge is 0.497 e. The van der Waals surface area contributed by atoms with Crippen LogP contribution in [0.2, 0.25) is 0 Å². The summed E-state index contributed by atoms with van der Waals surface area (Å²) in [6.07, 6.45) is 0. The first-order valence-electron chi connectivity index (χ1n) is 10.7. The second kappa shape index (κ2) is 11.8. The van der Waals surface area contributed by atoms with E-state index in [9.17, 15) is 22.4 Å². The Balaban J connectivity index is 2.45. The van der Waals surface area contributed by atoms with Gasteiger partial charge in [-0.2, -0.15) is 12.7 Å². The van der Waals surface area contributed by atoms with Gasteiger partial charge in [-0.1, -0.05) is 24.3 Å². The van der Waals surface area contributed by atoms with Crippen molar-refractivity contribution in [1.82, 2.24) is 14.5 Å². The van der Waals surface area contributed by atoms with Crippen molar-refractivity contribution in [2.45, 2.75) is 26.4 Å². The molecule has 0 aromatic heterocycles. The molecule has 0 bridgehead atoms. The van der Waals surface area contributed by atoms with Gasteiger partial charge in [0.05, 0.1) is 12.8 Å². The normalized spacial score (nSPS) is 12.2. The van der Waals surface area contributed by atoms with Gasteiger partial charge in [-0.15, -0.1) is 0 Å². The number of anilines is 1. The van der Waals surface area contributed by atoms with Crippen LogP contribution in [-0.2, 0) is 26.3 Å². The highest BCUT2D eigenvalue weighted by molar-refractivity contribution is 7.90. The number of amides is 2. The Morgan fingerprint density at radius 2 is 1.71 bits per heavy atom. The molecule has 0 saturated heterocycles. The van der Waals surface area contributed by atoms with E-state index in [1.54, 1.807) is 38.1 Å². The summed E-state index contributed by atoms with van der Waals surface area (Å²) in [5.74, 6) is -1.22. The summed E-state index contributed by atoms with van der Waals surface area (Å²) < 4.78 is 47.3. The highest BCUT2D eigenvalue weighted by Gasteiger charge is 2.33. The summed E-state index contributed by atoms with van der Waals surface area (Å²) in [6.45, 7) is 3.02. The van der Waals surface area contributed by atoms with Gasteiger partial charge in [0.2, 0.25) is 11.8 Å². The average Bonchev–Trinajstić information content (AvgIpc) is 2.81. The predicted octanol–water partition coefficient (Wildman–Crippen LogP) is 2.00. The third-order valence-corrected chi connectivity index (χ3v) is 6.98. The summed E-state index contributed by atoms with van der Waals surface area (Å²) in [5.41, 5.74) is 0.442. The standard InChI is InChI=1S/C23H31FN4O5S/c1-6-25-23(30)17(2)27(15-18-11-13-19(33-5)14-12-18)22(29)16-28(34(31,32)26(3)4)21-10-8-7-9-20(21)24/h7-14,17H,6,15-16H2,1-5H3,(H,25,30). The predicted molar refractivity (Wildman–Crippen MR) is 128 cm³/mol. The fourth-order valence-electron chi connectivity index (χ4n) is 3.19. The van der Waals surface area contributed by atoms with Crippen molar-refractivity contribution in [2.75, 3.05) is 38.6 Å². The highest BCUT2D eigenvalue weighted by Crippen LogP contribution is 2.24. The van der Waals surface area contributed by atoms with E-state index in [1.807, 2.05) is 0 Å². The topological polar surface area (TPSA) is 99.3 Å².